The molecule has 0 unspecified atom stereocenters. The SMILES string of the molecule is N[C@@H]1CCCN(c2ccccc2C=O)C1. The summed E-state index contributed by atoms with van der Waals surface area (Å²) >= 11 is 0. The Hall–Kier alpha value is -1.35. The van der Waals surface area contributed by atoms with Crippen LogP contribution in [0, 0.1) is 0 Å². The van der Waals surface area contributed by atoms with Crippen molar-refractivity contribution >= 4 is 12.0 Å². The average molecular weight is 204 g/mol. The van der Waals surface area contributed by atoms with Gasteiger partial charge in [0.1, 0.15) is 0 Å². The van der Waals surface area contributed by atoms with Gasteiger partial charge in [-0.25, -0.2) is 0 Å². The largest absolute Gasteiger partial charge is 0.369 e. The van der Waals surface area contributed by atoms with Crippen molar-refractivity contribution in [1.82, 2.24) is 0 Å². The van der Waals surface area contributed by atoms with Crippen LogP contribution in [0.4, 0.5) is 5.69 Å². The van der Waals surface area contributed by atoms with Gasteiger partial charge in [0.25, 0.3) is 0 Å². The van der Waals surface area contributed by atoms with Crippen LogP contribution in [0.2, 0.25) is 0 Å². The number of aldehydes is 1. The number of rotatable bonds is 2. The van der Waals surface area contributed by atoms with Gasteiger partial charge in [0, 0.05) is 30.4 Å². The number of nitrogens with zero attached hydrogens (tertiary/aromatic N) is 1. The monoisotopic (exact) mass is 204 g/mol. The van der Waals surface area contributed by atoms with E-state index < -0.39 is 0 Å². The summed E-state index contributed by atoms with van der Waals surface area (Å²) in [6, 6.07) is 7.92. The second-order valence-corrected chi connectivity index (χ2v) is 4.02. The predicted molar refractivity (Wildman–Crippen MR) is 61.3 cm³/mol. The maximum absolute atomic E-state index is 10.9. The third kappa shape index (κ3) is 2.18. The van der Waals surface area contributed by atoms with Gasteiger partial charge in [0.05, 0.1) is 0 Å². The molecule has 0 aliphatic carbocycles. The maximum Gasteiger partial charge on any atom is 0.152 e. The lowest BCUT2D eigenvalue weighted by atomic mass is 10.0. The fourth-order valence-electron chi connectivity index (χ4n) is 2.10. The Kier molecular flexibility index (Phi) is 3.02. The molecule has 1 saturated heterocycles. The van der Waals surface area contributed by atoms with Crippen molar-refractivity contribution in [2.75, 3.05) is 18.0 Å². The molecule has 3 heteroatoms. The molecule has 2 N–H and O–H groups in total. The van der Waals surface area contributed by atoms with Crippen LogP contribution in [-0.4, -0.2) is 25.4 Å². The van der Waals surface area contributed by atoms with Crippen LogP contribution in [0.3, 0.4) is 0 Å². The average Bonchev–Trinajstić information content (AvgIpc) is 2.29. The Morgan fingerprint density at radius 2 is 2.20 bits per heavy atom. The molecule has 80 valence electrons. The highest BCUT2D eigenvalue weighted by atomic mass is 16.1. The second kappa shape index (κ2) is 4.45. The first-order valence-corrected chi connectivity index (χ1v) is 5.36. The van der Waals surface area contributed by atoms with E-state index in [1.807, 2.05) is 24.3 Å². The molecule has 1 aromatic rings. The van der Waals surface area contributed by atoms with Crippen molar-refractivity contribution in [3.63, 3.8) is 0 Å². The number of hydrogen-bond acceptors (Lipinski definition) is 3. The molecule has 2 rings (SSSR count). The highest BCUT2D eigenvalue weighted by Gasteiger charge is 2.18. The second-order valence-electron chi connectivity index (χ2n) is 4.02. The fraction of sp³-hybridized carbons (Fsp3) is 0.417. The number of hydrogen-bond donors (Lipinski definition) is 1. The number of benzene rings is 1. The lowest BCUT2D eigenvalue weighted by molar-refractivity contribution is 0.112. The molecule has 15 heavy (non-hydrogen) atoms. The van der Waals surface area contributed by atoms with Gasteiger partial charge in [-0.1, -0.05) is 12.1 Å². The van der Waals surface area contributed by atoms with Gasteiger partial charge in [0.2, 0.25) is 0 Å². The van der Waals surface area contributed by atoms with E-state index in [0.717, 1.165) is 43.5 Å². The van der Waals surface area contributed by atoms with Gasteiger partial charge in [-0.2, -0.15) is 0 Å². The van der Waals surface area contributed by atoms with E-state index in [1.165, 1.54) is 0 Å². The molecule has 0 aromatic heterocycles. The highest BCUT2D eigenvalue weighted by molar-refractivity contribution is 5.84. The molecule has 1 aliphatic rings. The van der Waals surface area contributed by atoms with Crippen LogP contribution in [0.25, 0.3) is 0 Å². The lowest BCUT2D eigenvalue weighted by Crippen LogP contribution is -2.43. The number of piperidine rings is 1. The number of carbonyl (C=O) groups excluding carboxylic acids is 1. The van der Waals surface area contributed by atoms with Crippen LogP contribution in [0.15, 0.2) is 24.3 Å². The van der Waals surface area contributed by atoms with Crippen molar-refractivity contribution in [1.29, 1.82) is 0 Å². The first kappa shape index (κ1) is 10.2. The van der Waals surface area contributed by atoms with Crippen molar-refractivity contribution < 1.29 is 4.79 Å². The Bertz CT molecular complexity index is 351. The molecule has 3 nitrogen and oxygen atoms in total. The van der Waals surface area contributed by atoms with E-state index in [9.17, 15) is 4.79 Å². The molecule has 0 spiro atoms. The standard InChI is InChI=1S/C12H16N2O/c13-11-5-3-7-14(8-11)12-6-2-1-4-10(12)9-15/h1-2,4,6,9,11H,3,5,7-8,13H2/t11-/m1/s1. The summed E-state index contributed by atoms with van der Waals surface area (Å²) in [5, 5.41) is 0. The highest BCUT2D eigenvalue weighted by Crippen LogP contribution is 2.22. The van der Waals surface area contributed by atoms with Crippen LogP contribution in [0.5, 0.6) is 0 Å². The zero-order valence-electron chi connectivity index (χ0n) is 8.73. The molecule has 0 amide bonds. The fourth-order valence-corrected chi connectivity index (χ4v) is 2.10. The molecule has 0 radical (unpaired) electrons. The van der Waals surface area contributed by atoms with E-state index in [0.29, 0.717) is 0 Å². The minimum absolute atomic E-state index is 0.235. The summed E-state index contributed by atoms with van der Waals surface area (Å²) in [6.45, 7) is 1.85. The van der Waals surface area contributed by atoms with Crippen molar-refractivity contribution in [3.05, 3.63) is 29.8 Å². The quantitative estimate of drug-likeness (QED) is 0.741. The van der Waals surface area contributed by atoms with Crippen LogP contribution in [-0.2, 0) is 0 Å². The zero-order valence-corrected chi connectivity index (χ0v) is 8.73. The summed E-state index contributed by atoms with van der Waals surface area (Å²) in [4.78, 5) is 13.1. The molecule has 0 saturated carbocycles. The van der Waals surface area contributed by atoms with Gasteiger partial charge in [-0.15, -0.1) is 0 Å². The van der Waals surface area contributed by atoms with E-state index in [4.69, 9.17) is 5.73 Å². The van der Waals surface area contributed by atoms with Gasteiger partial charge in [0.15, 0.2) is 6.29 Å². The molecule has 1 atom stereocenters. The number of carbonyl (C=O) groups is 1. The molecular formula is C12H16N2O. The Labute approximate surface area is 89.9 Å². The summed E-state index contributed by atoms with van der Waals surface area (Å²) in [7, 11) is 0. The number of para-hydroxylation sites is 1. The Morgan fingerprint density at radius 3 is 2.93 bits per heavy atom. The number of anilines is 1. The van der Waals surface area contributed by atoms with Crippen LogP contribution >= 0.6 is 0 Å². The lowest BCUT2D eigenvalue weighted by Gasteiger charge is -2.33. The summed E-state index contributed by atoms with van der Waals surface area (Å²) in [5.74, 6) is 0. The molecule has 0 bridgehead atoms. The van der Waals surface area contributed by atoms with Crippen molar-refractivity contribution in [2.24, 2.45) is 5.73 Å². The van der Waals surface area contributed by atoms with Crippen molar-refractivity contribution in [3.8, 4) is 0 Å². The predicted octanol–water partition coefficient (Wildman–Crippen LogP) is 1.43. The van der Waals surface area contributed by atoms with E-state index >= 15 is 0 Å². The van der Waals surface area contributed by atoms with Gasteiger partial charge >= 0.3 is 0 Å². The number of nitrogens with two attached hydrogens (primary N) is 1. The van der Waals surface area contributed by atoms with Crippen molar-refractivity contribution in [2.45, 2.75) is 18.9 Å². The smallest absolute Gasteiger partial charge is 0.152 e. The third-order valence-corrected chi connectivity index (χ3v) is 2.86. The van der Waals surface area contributed by atoms with E-state index in [1.54, 1.807) is 0 Å². The first-order valence-electron chi connectivity index (χ1n) is 5.36. The van der Waals surface area contributed by atoms with E-state index in [-0.39, 0.29) is 6.04 Å². The zero-order chi connectivity index (χ0) is 10.7. The molecule has 1 aliphatic heterocycles. The van der Waals surface area contributed by atoms with Crippen LogP contribution < -0.4 is 10.6 Å². The van der Waals surface area contributed by atoms with Gasteiger partial charge < -0.3 is 10.6 Å². The third-order valence-electron chi connectivity index (χ3n) is 2.86. The maximum atomic E-state index is 10.9. The normalized spacial score (nSPS) is 21.4. The molecule has 1 heterocycles. The summed E-state index contributed by atoms with van der Waals surface area (Å²) < 4.78 is 0. The Morgan fingerprint density at radius 1 is 1.40 bits per heavy atom. The van der Waals surface area contributed by atoms with Gasteiger partial charge in [-0.3, -0.25) is 4.79 Å². The molecule has 1 aromatic carbocycles. The molecule has 1 fully saturated rings. The minimum Gasteiger partial charge on any atom is -0.369 e. The minimum atomic E-state index is 0.235. The summed E-state index contributed by atoms with van der Waals surface area (Å²) in [6.07, 6.45) is 3.10. The first-order chi connectivity index (χ1) is 7.31. The van der Waals surface area contributed by atoms with Crippen LogP contribution in [0.1, 0.15) is 23.2 Å². The molecular weight excluding hydrogens is 188 g/mol. The Balaban J connectivity index is 2.24. The summed E-state index contributed by atoms with van der Waals surface area (Å²) in [5.41, 5.74) is 7.70. The van der Waals surface area contributed by atoms with E-state index in [2.05, 4.69) is 4.90 Å². The topological polar surface area (TPSA) is 46.3 Å². The van der Waals surface area contributed by atoms with Gasteiger partial charge in [-0.05, 0) is 25.0 Å².